The molecule has 3 heterocycles. The largest absolute Gasteiger partial charge is 0.457 e. The highest BCUT2D eigenvalue weighted by molar-refractivity contribution is 7.25. The van der Waals surface area contributed by atoms with Crippen molar-refractivity contribution in [3.63, 3.8) is 0 Å². The molecule has 0 spiro atoms. The highest BCUT2D eigenvalue weighted by Crippen LogP contribution is 2.56. The molecule has 0 N–H and O–H groups in total. The number of anilines is 3. The van der Waals surface area contributed by atoms with Gasteiger partial charge in [-0.25, -0.2) is 0 Å². The standard InChI is InChI=1S/C38H28N2OS/c1-38(2)30-16-4-5-18-32(30)40(33-20-21-35-36(37(33)38)29-15-3-6-19-34(29)42-35)26-12-10-14-28(24-26)41-27-13-9-11-25(23-27)31-17-7-8-22-39-31/h3-24H,1-2H3. The Hall–Kier alpha value is -4.93. The lowest BCUT2D eigenvalue weighted by Gasteiger charge is -2.42. The fourth-order valence-electron chi connectivity index (χ4n) is 6.44. The van der Waals surface area contributed by atoms with E-state index in [4.69, 9.17) is 4.74 Å². The highest BCUT2D eigenvalue weighted by Gasteiger charge is 2.38. The van der Waals surface area contributed by atoms with Gasteiger partial charge >= 0.3 is 0 Å². The summed E-state index contributed by atoms with van der Waals surface area (Å²) in [6.45, 7) is 4.73. The first-order valence-corrected chi connectivity index (χ1v) is 15.0. The van der Waals surface area contributed by atoms with Gasteiger partial charge in [-0.1, -0.05) is 74.5 Å². The summed E-state index contributed by atoms with van der Waals surface area (Å²) in [5.41, 5.74) is 7.93. The molecule has 1 aliphatic rings. The van der Waals surface area contributed by atoms with Crippen molar-refractivity contribution < 1.29 is 4.74 Å². The molecule has 0 amide bonds. The van der Waals surface area contributed by atoms with Gasteiger partial charge in [0, 0.05) is 49.1 Å². The molecule has 4 heteroatoms. The Morgan fingerprint density at radius 3 is 2.33 bits per heavy atom. The maximum atomic E-state index is 6.45. The second kappa shape index (κ2) is 9.57. The fourth-order valence-corrected chi connectivity index (χ4v) is 7.55. The summed E-state index contributed by atoms with van der Waals surface area (Å²) in [5, 5.41) is 2.68. The van der Waals surface area contributed by atoms with E-state index in [9.17, 15) is 0 Å². The first kappa shape index (κ1) is 24.8. The van der Waals surface area contributed by atoms with Crippen molar-refractivity contribution in [1.82, 2.24) is 4.98 Å². The molecule has 1 aliphatic heterocycles. The Balaban J connectivity index is 1.27. The lowest BCUT2D eigenvalue weighted by atomic mass is 9.72. The van der Waals surface area contributed by atoms with Gasteiger partial charge < -0.3 is 9.64 Å². The van der Waals surface area contributed by atoms with E-state index in [-0.39, 0.29) is 5.41 Å². The normalized spacial score (nSPS) is 13.6. The van der Waals surface area contributed by atoms with Crippen molar-refractivity contribution in [2.75, 3.05) is 4.90 Å². The molecule has 0 unspecified atom stereocenters. The first-order valence-electron chi connectivity index (χ1n) is 14.2. The monoisotopic (exact) mass is 560 g/mol. The van der Waals surface area contributed by atoms with E-state index in [0.717, 1.165) is 28.4 Å². The number of hydrogen-bond donors (Lipinski definition) is 0. The highest BCUT2D eigenvalue weighted by atomic mass is 32.1. The molecule has 8 rings (SSSR count). The van der Waals surface area contributed by atoms with E-state index >= 15 is 0 Å². The third-order valence-electron chi connectivity index (χ3n) is 8.31. The van der Waals surface area contributed by atoms with Crippen LogP contribution < -0.4 is 9.64 Å². The Labute approximate surface area is 249 Å². The van der Waals surface area contributed by atoms with Crippen LogP contribution in [0.4, 0.5) is 17.1 Å². The maximum Gasteiger partial charge on any atom is 0.129 e. The molecule has 7 aromatic rings. The summed E-state index contributed by atoms with van der Waals surface area (Å²) in [6.07, 6.45) is 1.81. The molecule has 0 fully saturated rings. The summed E-state index contributed by atoms with van der Waals surface area (Å²) in [7, 11) is 0. The van der Waals surface area contributed by atoms with Gasteiger partial charge in [0.1, 0.15) is 11.5 Å². The average molecular weight is 561 g/mol. The van der Waals surface area contributed by atoms with Crippen LogP contribution in [0.1, 0.15) is 25.0 Å². The molecule has 0 saturated heterocycles. The van der Waals surface area contributed by atoms with Crippen molar-refractivity contribution in [2.45, 2.75) is 19.3 Å². The lowest BCUT2D eigenvalue weighted by Crippen LogP contribution is -2.30. The minimum atomic E-state index is -0.175. The van der Waals surface area contributed by atoms with Gasteiger partial charge in [-0.2, -0.15) is 0 Å². The zero-order valence-electron chi connectivity index (χ0n) is 23.4. The van der Waals surface area contributed by atoms with Crippen LogP contribution in [0, 0.1) is 0 Å². The smallest absolute Gasteiger partial charge is 0.129 e. The summed E-state index contributed by atoms with van der Waals surface area (Å²) in [6, 6.07) is 44.6. The number of para-hydroxylation sites is 1. The molecule has 202 valence electrons. The predicted octanol–water partition coefficient (Wildman–Crippen LogP) is 11.0. The minimum Gasteiger partial charge on any atom is -0.457 e. The number of hydrogen-bond acceptors (Lipinski definition) is 4. The van der Waals surface area contributed by atoms with Crippen molar-refractivity contribution in [2.24, 2.45) is 0 Å². The van der Waals surface area contributed by atoms with Crippen molar-refractivity contribution >= 4 is 48.6 Å². The molecule has 0 aliphatic carbocycles. The predicted molar refractivity (Wildman–Crippen MR) is 176 cm³/mol. The molecule has 0 atom stereocenters. The van der Waals surface area contributed by atoms with Crippen LogP contribution in [0.15, 0.2) is 134 Å². The van der Waals surface area contributed by atoms with E-state index in [1.807, 2.05) is 60.0 Å². The van der Waals surface area contributed by atoms with Crippen LogP contribution >= 0.6 is 11.3 Å². The van der Waals surface area contributed by atoms with Crippen LogP contribution in [-0.2, 0) is 5.41 Å². The van der Waals surface area contributed by atoms with Gasteiger partial charge in [0.15, 0.2) is 0 Å². The number of benzene rings is 5. The van der Waals surface area contributed by atoms with Gasteiger partial charge in [0.05, 0.1) is 17.1 Å². The molecule has 0 radical (unpaired) electrons. The maximum absolute atomic E-state index is 6.45. The number of ether oxygens (including phenoxy) is 1. The second-order valence-electron chi connectivity index (χ2n) is 11.3. The minimum absolute atomic E-state index is 0.175. The number of pyridine rings is 1. The Morgan fingerprint density at radius 1 is 0.667 bits per heavy atom. The molecule has 2 aromatic heterocycles. The van der Waals surface area contributed by atoms with E-state index in [1.165, 1.54) is 42.7 Å². The van der Waals surface area contributed by atoms with Crippen molar-refractivity contribution in [3.05, 3.63) is 145 Å². The molecule has 3 nitrogen and oxygen atoms in total. The molecular formula is C38H28N2OS. The Kier molecular flexibility index (Phi) is 5.66. The van der Waals surface area contributed by atoms with Crippen LogP contribution in [-0.4, -0.2) is 4.98 Å². The lowest BCUT2D eigenvalue weighted by molar-refractivity contribution is 0.483. The van der Waals surface area contributed by atoms with Gasteiger partial charge in [-0.3, -0.25) is 4.98 Å². The summed E-state index contributed by atoms with van der Waals surface area (Å²) in [4.78, 5) is 6.90. The molecule has 0 bridgehead atoms. The quantitative estimate of drug-likeness (QED) is 0.214. The molecule has 5 aromatic carbocycles. The molecular weight excluding hydrogens is 532 g/mol. The van der Waals surface area contributed by atoms with E-state index < -0.39 is 0 Å². The SMILES string of the molecule is CC1(C)c2ccccc2N(c2cccc(Oc3cccc(-c4ccccn4)c3)c2)c2ccc3sc4ccccc4c3c21. The topological polar surface area (TPSA) is 25.4 Å². The number of thiophene rings is 1. The summed E-state index contributed by atoms with van der Waals surface area (Å²) < 4.78 is 9.10. The van der Waals surface area contributed by atoms with E-state index in [1.54, 1.807) is 0 Å². The number of aromatic nitrogens is 1. The molecule has 0 saturated carbocycles. The van der Waals surface area contributed by atoms with E-state index in [0.29, 0.717) is 0 Å². The van der Waals surface area contributed by atoms with Gasteiger partial charge in [-0.05, 0) is 71.8 Å². The first-order chi connectivity index (χ1) is 20.6. The third-order valence-corrected chi connectivity index (χ3v) is 9.45. The van der Waals surface area contributed by atoms with Crippen LogP contribution in [0.2, 0.25) is 0 Å². The zero-order chi connectivity index (χ0) is 28.3. The van der Waals surface area contributed by atoms with Crippen molar-refractivity contribution in [1.29, 1.82) is 0 Å². The molecule has 42 heavy (non-hydrogen) atoms. The average Bonchev–Trinajstić information content (AvgIpc) is 3.41. The van der Waals surface area contributed by atoms with Crippen LogP contribution in [0.25, 0.3) is 31.4 Å². The Morgan fingerprint density at radius 2 is 1.45 bits per heavy atom. The van der Waals surface area contributed by atoms with Crippen LogP contribution in [0.5, 0.6) is 11.5 Å². The van der Waals surface area contributed by atoms with Gasteiger partial charge in [0.25, 0.3) is 0 Å². The summed E-state index contributed by atoms with van der Waals surface area (Å²) >= 11 is 1.87. The number of nitrogens with zero attached hydrogens (tertiary/aromatic N) is 2. The Bertz CT molecular complexity index is 2110. The third kappa shape index (κ3) is 3.91. The number of rotatable bonds is 4. The fraction of sp³-hybridized carbons (Fsp3) is 0.0789. The number of fused-ring (bicyclic) bond motifs is 6. The van der Waals surface area contributed by atoms with Crippen molar-refractivity contribution in [3.8, 4) is 22.8 Å². The zero-order valence-corrected chi connectivity index (χ0v) is 24.2. The van der Waals surface area contributed by atoms with Gasteiger partial charge in [0.2, 0.25) is 0 Å². The summed E-state index contributed by atoms with van der Waals surface area (Å²) in [5.74, 6) is 1.57. The second-order valence-corrected chi connectivity index (χ2v) is 12.3. The van der Waals surface area contributed by atoms with Crippen LogP contribution in [0.3, 0.4) is 0 Å². The van der Waals surface area contributed by atoms with Gasteiger partial charge in [-0.15, -0.1) is 11.3 Å². The van der Waals surface area contributed by atoms with E-state index in [2.05, 4.69) is 109 Å².